The molecule has 0 rings (SSSR count). The molecule has 0 saturated heterocycles. The van der Waals surface area contributed by atoms with Crippen molar-refractivity contribution in [2.45, 2.75) is 46.0 Å². The molecule has 0 aliphatic heterocycles. The highest BCUT2D eigenvalue weighted by Gasteiger charge is 1.96. The van der Waals surface area contributed by atoms with Crippen molar-refractivity contribution in [1.29, 1.82) is 0 Å². The van der Waals surface area contributed by atoms with Gasteiger partial charge in [-0.05, 0) is 18.8 Å². The van der Waals surface area contributed by atoms with Crippen LogP contribution in [-0.2, 0) is 0 Å². The van der Waals surface area contributed by atoms with Gasteiger partial charge in [-0.15, -0.1) is 0 Å². The summed E-state index contributed by atoms with van der Waals surface area (Å²) in [7, 11) is 0. The maximum Gasteiger partial charge on any atom is -0.0383 e. The zero-order chi connectivity index (χ0) is 7.82. The van der Waals surface area contributed by atoms with Crippen LogP contribution in [0.3, 0.4) is 0 Å². The van der Waals surface area contributed by atoms with Crippen LogP contribution in [0.1, 0.15) is 46.0 Å². The van der Waals surface area contributed by atoms with Gasteiger partial charge in [-0.2, -0.15) is 0 Å². The van der Waals surface area contributed by atoms with Crippen molar-refractivity contribution in [2.24, 2.45) is 5.92 Å². The SMILES string of the molecule is [CH2]CC(C)C[CH]CCCC. The Morgan fingerprint density at radius 3 is 2.70 bits per heavy atom. The van der Waals surface area contributed by atoms with Gasteiger partial charge in [-0.3, -0.25) is 0 Å². The minimum absolute atomic E-state index is 0.789. The Morgan fingerprint density at radius 1 is 1.50 bits per heavy atom. The van der Waals surface area contributed by atoms with Gasteiger partial charge in [0.25, 0.3) is 0 Å². The molecule has 0 aromatic carbocycles. The highest BCUT2D eigenvalue weighted by atomic mass is 14.0. The largest absolute Gasteiger partial charge is 0.0654 e. The van der Waals surface area contributed by atoms with Crippen LogP contribution < -0.4 is 0 Å². The molecule has 0 N–H and O–H groups in total. The van der Waals surface area contributed by atoms with E-state index in [1.165, 1.54) is 25.7 Å². The molecule has 0 aliphatic rings. The molecular formula is C10H20. The van der Waals surface area contributed by atoms with E-state index in [2.05, 4.69) is 27.2 Å². The van der Waals surface area contributed by atoms with E-state index in [0.29, 0.717) is 0 Å². The minimum Gasteiger partial charge on any atom is -0.0654 e. The van der Waals surface area contributed by atoms with Crippen molar-refractivity contribution in [3.63, 3.8) is 0 Å². The van der Waals surface area contributed by atoms with Crippen molar-refractivity contribution < 1.29 is 0 Å². The molecule has 0 aliphatic carbocycles. The highest BCUT2D eigenvalue weighted by molar-refractivity contribution is 4.68. The predicted octanol–water partition coefficient (Wildman–Crippen LogP) is 3.63. The normalized spacial score (nSPS) is 13.5. The van der Waals surface area contributed by atoms with Crippen molar-refractivity contribution in [2.75, 3.05) is 0 Å². The second-order valence-electron chi connectivity index (χ2n) is 3.06. The molecule has 10 heavy (non-hydrogen) atoms. The number of hydrogen-bond donors (Lipinski definition) is 0. The third kappa shape index (κ3) is 6.12. The molecule has 0 heterocycles. The van der Waals surface area contributed by atoms with Gasteiger partial charge in [0.15, 0.2) is 0 Å². The predicted molar refractivity (Wildman–Crippen MR) is 47.6 cm³/mol. The lowest BCUT2D eigenvalue weighted by atomic mass is 10.0. The molecule has 0 fully saturated rings. The molecule has 0 bridgehead atoms. The molecule has 60 valence electrons. The van der Waals surface area contributed by atoms with Crippen LogP contribution in [0.5, 0.6) is 0 Å². The van der Waals surface area contributed by atoms with Gasteiger partial charge in [0.2, 0.25) is 0 Å². The summed E-state index contributed by atoms with van der Waals surface area (Å²) in [5, 5.41) is 0. The van der Waals surface area contributed by atoms with Crippen molar-refractivity contribution in [1.82, 2.24) is 0 Å². The van der Waals surface area contributed by atoms with Crippen molar-refractivity contribution in [3.8, 4) is 0 Å². The van der Waals surface area contributed by atoms with E-state index >= 15 is 0 Å². The minimum atomic E-state index is 0.789. The van der Waals surface area contributed by atoms with Gasteiger partial charge < -0.3 is 0 Å². The van der Waals surface area contributed by atoms with E-state index in [4.69, 9.17) is 0 Å². The first-order chi connectivity index (χ1) is 4.81. The van der Waals surface area contributed by atoms with Crippen LogP contribution in [0.15, 0.2) is 0 Å². The molecular weight excluding hydrogens is 120 g/mol. The summed E-state index contributed by atoms with van der Waals surface area (Å²) in [4.78, 5) is 0. The van der Waals surface area contributed by atoms with Crippen molar-refractivity contribution >= 4 is 0 Å². The Balaban J connectivity index is 2.89. The van der Waals surface area contributed by atoms with Crippen LogP contribution >= 0.6 is 0 Å². The molecule has 1 unspecified atom stereocenters. The zero-order valence-electron chi connectivity index (χ0n) is 7.40. The standard InChI is InChI=1S/C10H20/c1-4-6-7-8-9-10(3)5-2/h8,10H,2,4-7,9H2,1,3H3. The molecule has 0 nitrogen and oxygen atoms in total. The Labute approximate surface area is 66.0 Å². The average Bonchev–Trinajstić information content (AvgIpc) is 1.98. The Kier molecular flexibility index (Phi) is 7.11. The fraction of sp³-hybridized carbons (Fsp3) is 0.800. The Hall–Kier alpha value is 0. The van der Waals surface area contributed by atoms with Crippen LogP contribution in [-0.4, -0.2) is 0 Å². The summed E-state index contributed by atoms with van der Waals surface area (Å²) >= 11 is 0. The third-order valence-electron chi connectivity index (χ3n) is 1.82. The van der Waals surface area contributed by atoms with Gasteiger partial charge >= 0.3 is 0 Å². The molecule has 0 saturated carbocycles. The fourth-order valence-corrected chi connectivity index (χ4v) is 0.869. The van der Waals surface area contributed by atoms with Gasteiger partial charge in [-0.25, -0.2) is 0 Å². The smallest absolute Gasteiger partial charge is 0.0383 e. The van der Waals surface area contributed by atoms with Crippen LogP contribution in [0.4, 0.5) is 0 Å². The molecule has 2 radical (unpaired) electrons. The zero-order valence-corrected chi connectivity index (χ0v) is 7.40. The molecule has 0 aromatic rings. The molecule has 0 spiro atoms. The van der Waals surface area contributed by atoms with Gasteiger partial charge in [0.05, 0.1) is 0 Å². The quantitative estimate of drug-likeness (QED) is 0.494. The first-order valence-electron chi connectivity index (χ1n) is 4.42. The summed E-state index contributed by atoms with van der Waals surface area (Å²) in [6.45, 7) is 8.36. The Bertz CT molecular complexity index is 57.1. The maximum atomic E-state index is 3.86. The van der Waals surface area contributed by atoms with Gasteiger partial charge in [-0.1, -0.05) is 46.5 Å². The summed E-state index contributed by atoms with van der Waals surface area (Å²) < 4.78 is 0. The van der Waals surface area contributed by atoms with E-state index < -0.39 is 0 Å². The number of rotatable bonds is 6. The molecule has 0 heteroatoms. The number of hydrogen-bond acceptors (Lipinski definition) is 0. The number of unbranched alkanes of at least 4 members (excludes halogenated alkanes) is 3. The second-order valence-corrected chi connectivity index (χ2v) is 3.06. The van der Waals surface area contributed by atoms with Crippen LogP contribution in [0.2, 0.25) is 0 Å². The Morgan fingerprint density at radius 2 is 2.20 bits per heavy atom. The fourth-order valence-electron chi connectivity index (χ4n) is 0.869. The summed E-state index contributed by atoms with van der Waals surface area (Å²) in [6, 6.07) is 0. The first kappa shape index (κ1) is 10.0. The summed E-state index contributed by atoms with van der Waals surface area (Å²) in [6.07, 6.45) is 8.69. The third-order valence-corrected chi connectivity index (χ3v) is 1.82. The van der Waals surface area contributed by atoms with Crippen molar-refractivity contribution in [3.05, 3.63) is 13.3 Å². The van der Waals surface area contributed by atoms with E-state index in [1.54, 1.807) is 0 Å². The monoisotopic (exact) mass is 140 g/mol. The highest BCUT2D eigenvalue weighted by Crippen LogP contribution is 2.11. The molecule has 0 aromatic heterocycles. The summed E-state index contributed by atoms with van der Waals surface area (Å²) in [5.74, 6) is 0.789. The second kappa shape index (κ2) is 7.11. The first-order valence-corrected chi connectivity index (χ1v) is 4.42. The van der Waals surface area contributed by atoms with E-state index in [-0.39, 0.29) is 0 Å². The lowest BCUT2D eigenvalue weighted by Gasteiger charge is -2.05. The van der Waals surface area contributed by atoms with Crippen LogP contribution in [0.25, 0.3) is 0 Å². The lowest BCUT2D eigenvalue weighted by molar-refractivity contribution is 0.562. The molecule has 0 amide bonds. The van der Waals surface area contributed by atoms with E-state index in [9.17, 15) is 0 Å². The van der Waals surface area contributed by atoms with Gasteiger partial charge in [0, 0.05) is 0 Å². The van der Waals surface area contributed by atoms with E-state index in [1.807, 2.05) is 0 Å². The lowest BCUT2D eigenvalue weighted by Crippen LogP contribution is -1.91. The average molecular weight is 140 g/mol. The molecule has 1 atom stereocenters. The van der Waals surface area contributed by atoms with E-state index in [0.717, 1.165) is 12.3 Å². The van der Waals surface area contributed by atoms with Crippen LogP contribution in [0, 0.1) is 19.3 Å². The van der Waals surface area contributed by atoms with Gasteiger partial charge in [0.1, 0.15) is 0 Å². The summed E-state index contributed by atoms with van der Waals surface area (Å²) in [5.41, 5.74) is 0. The maximum absolute atomic E-state index is 3.86. The topological polar surface area (TPSA) is 0 Å².